The summed E-state index contributed by atoms with van der Waals surface area (Å²) in [5.41, 5.74) is 6.33. The van der Waals surface area contributed by atoms with Crippen LogP contribution in [0.2, 0.25) is 0 Å². The van der Waals surface area contributed by atoms with Gasteiger partial charge >= 0.3 is 5.97 Å². The second-order valence-electron chi connectivity index (χ2n) is 6.86. The van der Waals surface area contributed by atoms with Crippen LogP contribution in [0.5, 0.6) is 5.75 Å². The van der Waals surface area contributed by atoms with Crippen LogP contribution in [0.3, 0.4) is 0 Å². The highest BCUT2D eigenvalue weighted by molar-refractivity contribution is 5.92. The van der Waals surface area contributed by atoms with Crippen LogP contribution in [0.25, 0.3) is 0 Å². The van der Waals surface area contributed by atoms with Gasteiger partial charge in [0.1, 0.15) is 30.4 Å². The Hall–Kier alpha value is -3.91. The van der Waals surface area contributed by atoms with Crippen LogP contribution in [0.4, 0.5) is 4.39 Å². The van der Waals surface area contributed by atoms with Crippen LogP contribution in [-0.2, 0) is 22.7 Å². The minimum Gasteiger partial charge on any atom is -0.458 e. The van der Waals surface area contributed by atoms with Gasteiger partial charge in [-0.1, -0.05) is 42.5 Å². The van der Waals surface area contributed by atoms with E-state index < -0.39 is 29.7 Å². The molecule has 0 radical (unpaired) electrons. The van der Waals surface area contributed by atoms with E-state index in [1.807, 2.05) is 6.07 Å². The fourth-order valence-electron chi connectivity index (χ4n) is 3.38. The lowest BCUT2D eigenvalue weighted by atomic mass is 9.86. The quantitative estimate of drug-likeness (QED) is 0.607. The molecule has 0 spiro atoms. The highest BCUT2D eigenvalue weighted by Gasteiger charge is 2.39. The highest BCUT2D eigenvalue weighted by atomic mass is 19.1. The summed E-state index contributed by atoms with van der Waals surface area (Å²) >= 11 is 0. The van der Waals surface area contributed by atoms with E-state index in [-0.39, 0.29) is 35.3 Å². The number of esters is 1. The summed E-state index contributed by atoms with van der Waals surface area (Å²) < 4.78 is 30.4. The summed E-state index contributed by atoms with van der Waals surface area (Å²) in [6, 6.07) is 15.5. The molecule has 3 N–H and O–H groups in total. The lowest BCUT2D eigenvalue weighted by molar-refractivity contribution is -0.140. The molecule has 0 bridgehead atoms. The molecule has 1 aromatic heterocycles. The first-order valence-corrected chi connectivity index (χ1v) is 9.39. The second kappa shape index (κ2) is 8.45. The number of fused-ring (bicyclic) bond motifs is 1. The van der Waals surface area contributed by atoms with Crippen molar-refractivity contribution in [2.24, 2.45) is 5.73 Å². The molecule has 0 saturated carbocycles. The molecular formula is C23H18FNO6. The van der Waals surface area contributed by atoms with Crippen molar-refractivity contribution < 1.29 is 28.2 Å². The van der Waals surface area contributed by atoms with Crippen molar-refractivity contribution in [2.75, 3.05) is 0 Å². The average molecular weight is 423 g/mol. The predicted molar refractivity (Wildman–Crippen MR) is 107 cm³/mol. The summed E-state index contributed by atoms with van der Waals surface area (Å²) in [6.45, 7) is -0.578. The first-order chi connectivity index (χ1) is 15.0. The van der Waals surface area contributed by atoms with Gasteiger partial charge in [0.15, 0.2) is 5.76 Å². The minimum absolute atomic E-state index is 0.0280. The Bertz CT molecular complexity index is 1220. The van der Waals surface area contributed by atoms with Gasteiger partial charge in [0.05, 0.1) is 5.92 Å². The molecule has 4 rings (SSSR count). The van der Waals surface area contributed by atoms with Gasteiger partial charge < -0.3 is 24.7 Å². The van der Waals surface area contributed by atoms with Crippen molar-refractivity contribution in [3.8, 4) is 5.75 Å². The fraction of sp³-hybridized carbons (Fsp3) is 0.130. The van der Waals surface area contributed by atoms with E-state index in [0.717, 1.165) is 11.6 Å². The zero-order valence-corrected chi connectivity index (χ0v) is 16.2. The standard InChI is InChI=1S/C23H18FNO6/c24-15-8-4-7-14(9-15)18-19(23(28)29-12-13-5-2-1-3-6-13)22(25)31-20-17(27)10-16(11-26)30-21(18)20/h1-10,18,26H,11-12,25H2/t18-/m0/s1. The number of ether oxygens (including phenoxy) is 2. The molecule has 0 amide bonds. The molecule has 7 nitrogen and oxygen atoms in total. The maximum Gasteiger partial charge on any atom is 0.340 e. The van der Waals surface area contributed by atoms with E-state index in [9.17, 15) is 19.1 Å². The Labute approximate surface area is 176 Å². The van der Waals surface area contributed by atoms with Crippen LogP contribution < -0.4 is 15.9 Å². The molecule has 0 fully saturated rings. The number of carbonyl (C=O) groups excluding carboxylic acids is 1. The molecule has 0 aliphatic carbocycles. The van der Waals surface area contributed by atoms with E-state index in [2.05, 4.69) is 0 Å². The maximum atomic E-state index is 14.0. The van der Waals surface area contributed by atoms with E-state index in [1.165, 1.54) is 18.2 Å². The average Bonchev–Trinajstić information content (AvgIpc) is 2.77. The lowest BCUT2D eigenvalue weighted by Gasteiger charge is -2.27. The summed E-state index contributed by atoms with van der Waals surface area (Å²) in [5.74, 6) is -3.11. The first kappa shape index (κ1) is 20.4. The van der Waals surface area contributed by atoms with Crippen molar-refractivity contribution in [1.29, 1.82) is 0 Å². The number of rotatable bonds is 5. The molecule has 31 heavy (non-hydrogen) atoms. The van der Waals surface area contributed by atoms with Gasteiger partial charge in [0.2, 0.25) is 17.1 Å². The smallest absolute Gasteiger partial charge is 0.340 e. The zero-order valence-electron chi connectivity index (χ0n) is 16.2. The molecule has 1 aliphatic rings. The number of carbonyl (C=O) groups is 1. The number of aliphatic hydroxyl groups is 1. The number of hydrogen-bond donors (Lipinski definition) is 2. The van der Waals surface area contributed by atoms with Crippen LogP contribution >= 0.6 is 0 Å². The topological polar surface area (TPSA) is 112 Å². The Morgan fingerprint density at radius 1 is 1.13 bits per heavy atom. The van der Waals surface area contributed by atoms with E-state index in [4.69, 9.17) is 19.6 Å². The summed E-state index contributed by atoms with van der Waals surface area (Å²) in [5, 5.41) is 9.44. The molecule has 8 heteroatoms. The third kappa shape index (κ3) is 4.06. The normalized spacial score (nSPS) is 15.2. The fourth-order valence-corrected chi connectivity index (χ4v) is 3.38. The van der Waals surface area contributed by atoms with Gasteiger partial charge in [0.25, 0.3) is 0 Å². The van der Waals surface area contributed by atoms with Gasteiger partial charge in [-0.3, -0.25) is 4.79 Å². The van der Waals surface area contributed by atoms with Gasteiger partial charge in [-0.25, -0.2) is 9.18 Å². The number of nitrogens with two attached hydrogens (primary N) is 1. The van der Waals surface area contributed by atoms with Crippen molar-refractivity contribution in [2.45, 2.75) is 19.1 Å². The molecule has 158 valence electrons. The number of aliphatic hydroxyl groups excluding tert-OH is 1. The van der Waals surface area contributed by atoms with Gasteiger partial charge in [-0.2, -0.15) is 0 Å². The second-order valence-corrected chi connectivity index (χ2v) is 6.86. The largest absolute Gasteiger partial charge is 0.458 e. The monoisotopic (exact) mass is 423 g/mol. The third-order valence-electron chi connectivity index (χ3n) is 4.78. The minimum atomic E-state index is -1.07. The maximum absolute atomic E-state index is 14.0. The van der Waals surface area contributed by atoms with Gasteiger partial charge in [-0.15, -0.1) is 0 Å². The van der Waals surface area contributed by atoms with Crippen LogP contribution in [0.15, 0.2) is 81.3 Å². The van der Waals surface area contributed by atoms with Crippen LogP contribution in [0.1, 0.15) is 28.6 Å². The van der Waals surface area contributed by atoms with Crippen molar-refractivity contribution >= 4 is 5.97 Å². The Morgan fingerprint density at radius 3 is 2.61 bits per heavy atom. The van der Waals surface area contributed by atoms with E-state index in [1.54, 1.807) is 30.3 Å². The van der Waals surface area contributed by atoms with E-state index in [0.29, 0.717) is 5.56 Å². The molecule has 1 aliphatic heterocycles. The lowest BCUT2D eigenvalue weighted by Crippen LogP contribution is -2.30. The van der Waals surface area contributed by atoms with Crippen molar-refractivity contribution in [3.05, 3.63) is 111 Å². The third-order valence-corrected chi connectivity index (χ3v) is 4.78. The first-order valence-electron chi connectivity index (χ1n) is 9.39. The number of hydrogen-bond acceptors (Lipinski definition) is 7. The predicted octanol–water partition coefficient (Wildman–Crippen LogP) is 2.71. The summed E-state index contributed by atoms with van der Waals surface area (Å²) in [6.07, 6.45) is 0. The Kier molecular flexibility index (Phi) is 5.55. The summed E-state index contributed by atoms with van der Waals surface area (Å²) in [7, 11) is 0. The van der Waals surface area contributed by atoms with Crippen LogP contribution in [-0.4, -0.2) is 11.1 Å². The molecule has 1 atom stereocenters. The molecule has 0 unspecified atom stereocenters. The SMILES string of the molecule is NC1=C(C(=O)OCc2ccccc2)[C@H](c2cccc(F)c2)c2oc(CO)cc(=O)c2O1. The van der Waals surface area contributed by atoms with E-state index >= 15 is 0 Å². The molecular weight excluding hydrogens is 405 g/mol. The molecule has 0 saturated heterocycles. The van der Waals surface area contributed by atoms with Gasteiger partial charge in [-0.05, 0) is 23.3 Å². The Morgan fingerprint density at radius 2 is 1.90 bits per heavy atom. The molecule has 3 aromatic rings. The highest BCUT2D eigenvalue weighted by Crippen LogP contribution is 2.41. The van der Waals surface area contributed by atoms with Crippen LogP contribution in [0, 0.1) is 5.82 Å². The number of benzene rings is 2. The summed E-state index contributed by atoms with van der Waals surface area (Å²) in [4.78, 5) is 25.5. The van der Waals surface area contributed by atoms with Crippen molar-refractivity contribution in [1.82, 2.24) is 0 Å². The Balaban J connectivity index is 1.80. The molecule has 2 aromatic carbocycles. The molecule has 2 heterocycles. The van der Waals surface area contributed by atoms with Crippen molar-refractivity contribution in [3.63, 3.8) is 0 Å². The van der Waals surface area contributed by atoms with Gasteiger partial charge in [0, 0.05) is 6.07 Å². The zero-order chi connectivity index (χ0) is 22.0. The number of halogens is 1.